The second-order valence-electron chi connectivity index (χ2n) is 6.39. The summed E-state index contributed by atoms with van der Waals surface area (Å²) in [4.78, 5) is 12.2. The molecule has 0 fully saturated rings. The Balaban J connectivity index is 2.14. The van der Waals surface area contributed by atoms with E-state index in [0.717, 1.165) is 40.5 Å². The lowest BCUT2D eigenvalue weighted by Gasteiger charge is -2.10. The molecule has 2 aromatic carbocycles. The van der Waals surface area contributed by atoms with Gasteiger partial charge in [-0.1, -0.05) is 55.0 Å². The number of benzene rings is 2. The molecule has 1 aliphatic rings. The van der Waals surface area contributed by atoms with Gasteiger partial charge in [-0.2, -0.15) is 0 Å². The number of rotatable bonds is 6. The average Bonchev–Trinajstić information content (AvgIpc) is 2.89. The molecule has 0 spiro atoms. The zero-order chi connectivity index (χ0) is 18.5. The summed E-state index contributed by atoms with van der Waals surface area (Å²) in [6.07, 6.45) is 8.17. The van der Waals surface area contributed by atoms with Crippen LogP contribution in [0.2, 0.25) is 0 Å². The van der Waals surface area contributed by atoms with Gasteiger partial charge in [-0.25, -0.2) is 0 Å². The first-order valence-electron chi connectivity index (χ1n) is 8.85. The minimum Gasteiger partial charge on any atom is -0.501 e. The summed E-state index contributed by atoms with van der Waals surface area (Å²) in [6, 6.07) is 12.1. The predicted molar refractivity (Wildman–Crippen MR) is 106 cm³/mol. The molecule has 3 rings (SSSR count). The fraction of sp³-hybridized carbons (Fsp3) is 0.261. The summed E-state index contributed by atoms with van der Waals surface area (Å²) in [5.74, 6) is 0.953. The Bertz CT molecular complexity index is 916. The van der Waals surface area contributed by atoms with Crippen molar-refractivity contribution in [2.45, 2.75) is 19.8 Å². The average molecular weight is 348 g/mol. The number of methoxy groups -OCH3 is 2. The minimum absolute atomic E-state index is 0.00889. The topological polar surface area (TPSA) is 35.5 Å². The van der Waals surface area contributed by atoms with Gasteiger partial charge >= 0.3 is 0 Å². The fourth-order valence-electron chi connectivity index (χ4n) is 3.23. The highest BCUT2D eigenvalue weighted by molar-refractivity contribution is 6.04. The largest absolute Gasteiger partial charge is 0.501 e. The van der Waals surface area contributed by atoms with Gasteiger partial charge in [0.05, 0.1) is 12.9 Å². The number of carbonyl (C=O) groups excluding carboxylic acids is 1. The number of ether oxygens (including phenoxy) is 2. The van der Waals surface area contributed by atoms with Crippen molar-refractivity contribution in [3.63, 3.8) is 0 Å². The Kier molecular flexibility index (Phi) is 5.69. The highest BCUT2D eigenvalue weighted by Crippen LogP contribution is 2.31. The minimum atomic E-state index is -0.00889. The lowest BCUT2D eigenvalue weighted by molar-refractivity contribution is 0.0848. The smallest absolute Gasteiger partial charge is 0.188 e. The number of Topliss-reactive ketones (excluding diaryl/α,β-unsaturated/α-hetero) is 1. The van der Waals surface area contributed by atoms with Crippen LogP contribution in [0.5, 0.6) is 0 Å². The van der Waals surface area contributed by atoms with Crippen LogP contribution in [-0.2, 0) is 9.47 Å². The number of fused-ring (bicyclic) bond motifs is 1. The van der Waals surface area contributed by atoms with Gasteiger partial charge in [0, 0.05) is 19.1 Å². The molecule has 0 aromatic heterocycles. The molecular weight excluding hydrogens is 324 g/mol. The van der Waals surface area contributed by atoms with Crippen molar-refractivity contribution in [1.82, 2.24) is 0 Å². The molecule has 0 aliphatic heterocycles. The zero-order valence-corrected chi connectivity index (χ0v) is 15.5. The van der Waals surface area contributed by atoms with Crippen LogP contribution in [0, 0.1) is 0 Å². The van der Waals surface area contributed by atoms with Gasteiger partial charge in [-0.05, 0) is 40.5 Å². The van der Waals surface area contributed by atoms with Gasteiger partial charge in [0.25, 0.3) is 0 Å². The maximum Gasteiger partial charge on any atom is 0.188 e. The normalized spacial score (nSPS) is 14.3. The molecule has 0 unspecified atom stereocenters. The van der Waals surface area contributed by atoms with Crippen molar-refractivity contribution in [3.05, 3.63) is 77.1 Å². The second-order valence-corrected chi connectivity index (χ2v) is 6.39. The van der Waals surface area contributed by atoms with Crippen LogP contribution in [0.15, 0.2) is 66.0 Å². The van der Waals surface area contributed by atoms with Crippen LogP contribution in [0.3, 0.4) is 0 Å². The number of hydrogen-bond donors (Lipinski definition) is 0. The van der Waals surface area contributed by atoms with E-state index in [9.17, 15) is 4.79 Å². The van der Waals surface area contributed by atoms with Crippen LogP contribution in [0.4, 0.5) is 0 Å². The van der Waals surface area contributed by atoms with Gasteiger partial charge < -0.3 is 9.47 Å². The third-order valence-electron chi connectivity index (χ3n) is 4.72. The van der Waals surface area contributed by atoms with E-state index < -0.39 is 0 Å². The highest BCUT2D eigenvalue weighted by atomic mass is 16.5. The van der Waals surface area contributed by atoms with Crippen molar-refractivity contribution in [3.8, 4) is 0 Å². The number of ketones is 1. The molecule has 0 bridgehead atoms. The van der Waals surface area contributed by atoms with Crippen molar-refractivity contribution < 1.29 is 14.3 Å². The van der Waals surface area contributed by atoms with E-state index in [-0.39, 0.29) is 12.4 Å². The van der Waals surface area contributed by atoms with E-state index in [4.69, 9.17) is 9.47 Å². The molecule has 1 aliphatic carbocycles. The zero-order valence-electron chi connectivity index (χ0n) is 15.5. The van der Waals surface area contributed by atoms with Crippen LogP contribution < -0.4 is 0 Å². The van der Waals surface area contributed by atoms with Crippen LogP contribution in [-0.4, -0.2) is 26.6 Å². The van der Waals surface area contributed by atoms with Gasteiger partial charge in [0.1, 0.15) is 6.61 Å². The third kappa shape index (κ3) is 3.78. The first kappa shape index (κ1) is 18.2. The fourth-order valence-corrected chi connectivity index (χ4v) is 3.23. The molecule has 134 valence electrons. The molecular formula is C23H24O3. The first-order chi connectivity index (χ1) is 12.7. The molecule has 3 nitrogen and oxygen atoms in total. The summed E-state index contributed by atoms with van der Waals surface area (Å²) >= 11 is 0. The molecule has 0 N–H and O–H groups in total. The SMILES string of the molecule is CCC1=CC(c2cccc3ccc(C(=O)COC)cc23)=CC=C(OC)C1. The molecule has 2 aromatic rings. The molecule has 0 saturated carbocycles. The molecule has 26 heavy (non-hydrogen) atoms. The second kappa shape index (κ2) is 8.15. The maximum atomic E-state index is 12.2. The van der Waals surface area contributed by atoms with Crippen molar-refractivity contribution in [2.75, 3.05) is 20.8 Å². The number of hydrogen-bond acceptors (Lipinski definition) is 3. The Morgan fingerprint density at radius 2 is 1.96 bits per heavy atom. The summed E-state index contributed by atoms with van der Waals surface area (Å²) < 4.78 is 10.5. The Hall–Kier alpha value is -2.65. The molecule has 0 radical (unpaired) electrons. The summed E-state index contributed by atoms with van der Waals surface area (Å²) in [6.45, 7) is 2.25. The lowest BCUT2D eigenvalue weighted by atomic mass is 9.94. The Morgan fingerprint density at radius 1 is 1.12 bits per heavy atom. The first-order valence-corrected chi connectivity index (χ1v) is 8.85. The van der Waals surface area contributed by atoms with E-state index in [0.29, 0.717) is 5.56 Å². The third-order valence-corrected chi connectivity index (χ3v) is 4.72. The van der Waals surface area contributed by atoms with E-state index in [1.165, 1.54) is 12.7 Å². The highest BCUT2D eigenvalue weighted by Gasteiger charge is 2.12. The van der Waals surface area contributed by atoms with Crippen molar-refractivity contribution in [2.24, 2.45) is 0 Å². The molecule has 0 atom stereocenters. The molecule has 0 heterocycles. The van der Waals surface area contributed by atoms with Gasteiger partial charge in [0.2, 0.25) is 0 Å². The van der Waals surface area contributed by atoms with Gasteiger partial charge in [-0.3, -0.25) is 4.79 Å². The standard InChI is InChI=1S/C23H24O3/c1-4-16-12-18(10-11-20(13-16)26-3)21-7-5-6-17-8-9-19(14-22(17)21)23(24)15-25-2/h5-12,14H,4,13,15H2,1-3H3. The van der Waals surface area contributed by atoms with Crippen LogP contribution in [0.1, 0.15) is 35.7 Å². The summed E-state index contributed by atoms with van der Waals surface area (Å²) in [5, 5.41) is 2.19. The van der Waals surface area contributed by atoms with Crippen LogP contribution >= 0.6 is 0 Å². The van der Waals surface area contributed by atoms with E-state index in [1.54, 1.807) is 7.11 Å². The molecule has 0 saturated heterocycles. The number of allylic oxidation sites excluding steroid dienone is 5. The quantitative estimate of drug-likeness (QED) is 0.663. The molecule has 3 heteroatoms. The Morgan fingerprint density at radius 3 is 2.69 bits per heavy atom. The Labute approximate surface area is 154 Å². The van der Waals surface area contributed by atoms with Crippen LogP contribution in [0.25, 0.3) is 16.3 Å². The lowest BCUT2D eigenvalue weighted by Crippen LogP contribution is -2.06. The van der Waals surface area contributed by atoms with E-state index in [2.05, 4.69) is 37.3 Å². The number of carbonyl (C=O) groups is 1. The van der Waals surface area contributed by atoms with Gasteiger partial charge in [0.15, 0.2) is 5.78 Å². The summed E-state index contributed by atoms with van der Waals surface area (Å²) in [7, 11) is 3.25. The van der Waals surface area contributed by atoms with Gasteiger partial charge in [-0.15, -0.1) is 0 Å². The van der Waals surface area contributed by atoms with Crippen molar-refractivity contribution in [1.29, 1.82) is 0 Å². The van der Waals surface area contributed by atoms with E-state index in [1.807, 2.05) is 24.3 Å². The predicted octanol–water partition coefficient (Wildman–Crippen LogP) is 5.32. The monoisotopic (exact) mass is 348 g/mol. The van der Waals surface area contributed by atoms with E-state index >= 15 is 0 Å². The summed E-state index contributed by atoms with van der Waals surface area (Å²) in [5.41, 5.74) is 4.25. The maximum absolute atomic E-state index is 12.2. The molecule has 0 amide bonds. The van der Waals surface area contributed by atoms with Crippen molar-refractivity contribution >= 4 is 22.1 Å².